The number of nitrogens with zero attached hydrogens (tertiary/aromatic N) is 3. The Morgan fingerprint density at radius 2 is 1.75 bits per heavy atom. The van der Waals surface area contributed by atoms with Gasteiger partial charge in [-0.25, -0.2) is 4.98 Å². The molecule has 0 spiro atoms. The number of aromatic nitrogens is 3. The lowest BCUT2D eigenvalue weighted by atomic mass is 9.98. The molecule has 2 aliphatic rings. The second-order valence-electron chi connectivity index (χ2n) is 12.8. The number of hydrogen-bond donors (Lipinski definition) is 4. The van der Waals surface area contributed by atoms with Gasteiger partial charge in [0, 0.05) is 67.1 Å². The van der Waals surface area contributed by atoms with E-state index in [1.165, 1.54) is 7.11 Å². The lowest BCUT2D eigenvalue weighted by Crippen LogP contribution is -2.35. The van der Waals surface area contributed by atoms with Gasteiger partial charge in [0.25, 0.3) is 0 Å². The number of carbonyl (C=O) groups excluding carboxylic acids is 1. The van der Waals surface area contributed by atoms with E-state index in [1.54, 1.807) is 32.4 Å². The minimum absolute atomic E-state index is 0.00513. The minimum atomic E-state index is -4.74. The third kappa shape index (κ3) is 8.25. The zero-order valence-electron chi connectivity index (χ0n) is 28.9. The molecular weight excluding hydrogens is 701 g/mol. The Labute approximate surface area is 304 Å². The second-order valence-corrected chi connectivity index (χ2v) is 13.2. The number of hydrogen-bond acceptors (Lipinski definition) is 10. The predicted molar refractivity (Wildman–Crippen MR) is 188 cm³/mol. The number of carbonyl (C=O) groups is 1. The number of pyridine rings is 3. The highest BCUT2D eigenvalue weighted by Gasteiger charge is 2.39. The van der Waals surface area contributed by atoms with Crippen LogP contribution in [0, 0.1) is 0 Å². The van der Waals surface area contributed by atoms with E-state index in [0.717, 1.165) is 29.2 Å². The molecule has 52 heavy (non-hydrogen) atoms. The van der Waals surface area contributed by atoms with E-state index in [2.05, 4.69) is 25.9 Å². The number of methoxy groups -OCH3 is 2. The quantitative estimate of drug-likeness (QED) is 0.126. The molecule has 276 valence electrons. The molecule has 6 rings (SSSR count). The highest BCUT2D eigenvalue weighted by atomic mass is 35.5. The smallest absolute Gasteiger partial charge is 0.421 e. The molecule has 1 saturated heterocycles. The maximum absolute atomic E-state index is 14.3. The zero-order chi connectivity index (χ0) is 37.0. The Bertz CT molecular complexity index is 1930. The molecular formula is C37H40ClF3N6O5. The van der Waals surface area contributed by atoms with Gasteiger partial charge in [0.15, 0.2) is 0 Å². The van der Waals surface area contributed by atoms with E-state index in [0.29, 0.717) is 65.8 Å². The van der Waals surface area contributed by atoms with Crippen molar-refractivity contribution in [3.63, 3.8) is 0 Å². The van der Waals surface area contributed by atoms with Crippen LogP contribution in [0.3, 0.4) is 0 Å². The molecule has 0 bridgehead atoms. The first-order valence-electron chi connectivity index (χ1n) is 17.0. The van der Waals surface area contributed by atoms with E-state index >= 15 is 0 Å². The number of rotatable bonds is 14. The Kier molecular flexibility index (Phi) is 11.5. The summed E-state index contributed by atoms with van der Waals surface area (Å²) in [6, 6.07) is 12.1. The molecule has 0 saturated carbocycles. The fourth-order valence-electron chi connectivity index (χ4n) is 6.60. The van der Waals surface area contributed by atoms with Crippen LogP contribution in [-0.2, 0) is 30.5 Å². The van der Waals surface area contributed by atoms with E-state index < -0.39 is 29.8 Å². The Hall–Kier alpha value is -4.50. The molecule has 11 nitrogen and oxygen atoms in total. The molecule has 1 aliphatic heterocycles. The van der Waals surface area contributed by atoms with Gasteiger partial charge in [-0.1, -0.05) is 35.9 Å². The fraction of sp³-hybridized carbons (Fsp3) is 0.405. The summed E-state index contributed by atoms with van der Waals surface area (Å²) in [5, 5.41) is 19.1. The van der Waals surface area contributed by atoms with Gasteiger partial charge in [-0.05, 0) is 55.5 Å². The van der Waals surface area contributed by atoms with E-state index in [9.17, 15) is 23.1 Å². The van der Waals surface area contributed by atoms with Gasteiger partial charge in [-0.15, -0.1) is 0 Å². The van der Waals surface area contributed by atoms with Crippen molar-refractivity contribution in [3.05, 3.63) is 81.5 Å². The molecule has 3 atom stereocenters. The molecule has 4 heterocycles. The van der Waals surface area contributed by atoms with Crippen LogP contribution >= 0.6 is 11.6 Å². The molecule has 1 amide bonds. The van der Waals surface area contributed by atoms with Crippen LogP contribution in [0.2, 0.25) is 5.02 Å². The first kappa shape index (κ1) is 37.3. The number of amides is 1. The maximum atomic E-state index is 14.3. The average molecular weight is 741 g/mol. The Balaban J connectivity index is 1.25. The van der Waals surface area contributed by atoms with Crippen molar-refractivity contribution in [1.82, 2.24) is 30.9 Å². The number of nitrogens with one attached hydrogen (secondary N) is 3. The predicted octanol–water partition coefficient (Wildman–Crippen LogP) is 5.80. The van der Waals surface area contributed by atoms with E-state index in [-0.39, 0.29) is 36.5 Å². The van der Waals surface area contributed by atoms with Crippen LogP contribution in [0.4, 0.5) is 13.2 Å². The van der Waals surface area contributed by atoms with E-state index in [1.807, 2.05) is 24.3 Å². The van der Waals surface area contributed by atoms with Crippen molar-refractivity contribution in [2.24, 2.45) is 0 Å². The fourth-order valence-corrected chi connectivity index (χ4v) is 6.91. The van der Waals surface area contributed by atoms with Crippen LogP contribution in [0.25, 0.3) is 22.5 Å². The SMILES string of the molecule is COc1nc(-c2ccnc(-c3cccc4c3CC[C@H]4Oc3nc(OC)c(CNC[C@H](C)O)cc3C(F)(F)F)c2Cl)ccc1CNC[C@H]1CCC(=O)N1. The van der Waals surface area contributed by atoms with Crippen molar-refractivity contribution >= 4 is 17.5 Å². The lowest BCUT2D eigenvalue weighted by Gasteiger charge is -2.21. The third-order valence-electron chi connectivity index (χ3n) is 9.09. The van der Waals surface area contributed by atoms with Gasteiger partial charge in [0.1, 0.15) is 11.7 Å². The van der Waals surface area contributed by atoms with Gasteiger partial charge in [-0.3, -0.25) is 9.78 Å². The number of aliphatic hydroxyl groups excluding tert-OH is 1. The summed E-state index contributed by atoms with van der Waals surface area (Å²) in [7, 11) is 2.88. The Morgan fingerprint density at radius 3 is 2.46 bits per heavy atom. The van der Waals surface area contributed by atoms with Crippen LogP contribution < -0.4 is 30.2 Å². The third-order valence-corrected chi connectivity index (χ3v) is 9.48. The zero-order valence-corrected chi connectivity index (χ0v) is 29.7. The normalized spacial score (nSPS) is 17.5. The van der Waals surface area contributed by atoms with Crippen molar-refractivity contribution in [3.8, 4) is 40.2 Å². The molecule has 1 aliphatic carbocycles. The first-order valence-corrected chi connectivity index (χ1v) is 17.4. The molecule has 1 aromatic carbocycles. The molecule has 4 N–H and O–H groups in total. The van der Waals surface area contributed by atoms with Gasteiger partial charge < -0.3 is 35.3 Å². The number of alkyl halides is 3. The number of halogens is 4. The van der Waals surface area contributed by atoms with E-state index in [4.69, 9.17) is 30.8 Å². The van der Waals surface area contributed by atoms with Crippen molar-refractivity contribution in [2.45, 2.75) is 70.1 Å². The number of fused-ring (bicyclic) bond motifs is 1. The summed E-state index contributed by atoms with van der Waals surface area (Å²) in [4.78, 5) is 25.0. The van der Waals surface area contributed by atoms with Gasteiger partial charge in [0.05, 0.1) is 36.7 Å². The monoisotopic (exact) mass is 740 g/mol. The molecule has 1 fully saturated rings. The minimum Gasteiger partial charge on any atom is -0.481 e. The van der Waals surface area contributed by atoms with Crippen LogP contribution in [-0.4, -0.2) is 65.4 Å². The van der Waals surface area contributed by atoms with Gasteiger partial charge in [0.2, 0.25) is 23.5 Å². The van der Waals surface area contributed by atoms with Crippen LogP contribution in [0.15, 0.2) is 48.7 Å². The average Bonchev–Trinajstić information content (AvgIpc) is 3.73. The summed E-state index contributed by atoms with van der Waals surface area (Å²) < 4.78 is 59.9. The molecule has 4 aromatic rings. The molecule has 3 aromatic heterocycles. The standard InChI is InChI=1S/C37H40ClF3N6O5/c1-20(48)16-42-18-22-15-28(37(39,40)41)36(47-35(22)51-3)52-30-11-9-24-25(30)5-4-6-26(24)33-32(38)27(13-14-44-33)29-10-7-21(34(46-29)50-2)17-43-19-23-8-12-31(49)45-23/h4-7,10,13-15,20,23,30,42-43,48H,8-9,11-12,16-19H2,1-3H3,(H,45,49)/t20-,23+,30+/m0/s1. The maximum Gasteiger partial charge on any atom is 0.421 e. The van der Waals surface area contributed by atoms with Gasteiger partial charge >= 0.3 is 6.18 Å². The molecule has 0 unspecified atom stereocenters. The highest BCUT2D eigenvalue weighted by molar-refractivity contribution is 6.35. The van der Waals surface area contributed by atoms with Crippen molar-refractivity contribution < 1.29 is 37.3 Å². The number of benzene rings is 1. The second kappa shape index (κ2) is 16.0. The van der Waals surface area contributed by atoms with Crippen LogP contribution in [0.5, 0.6) is 17.6 Å². The topological polar surface area (TPSA) is 140 Å². The molecule has 15 heteroatoms. The number of ether oxygens (including phenoxy) is 3. The highest BCUT2D eigenvalue weighted by Crippen LogP contribution is 2.45. The summed E-state index contributed by atoms with van der Waals surface area (Å²) in [6.07, 6.45) is -2.24. The van der Waals surface area contributed by atoms with Gasteiger partial charge in [-0.2, -0.15) is 18.2 Å². The first-order chi connectivity index (χ1) is 25.0. The number of aliphatic hydroxyl groups is 1. The van der Waals surface area contributed by atoms with Crippen LogP contribution in [0.1, 0.15) is 60.1 Å². The van der Waals surface area contributed by atoms with Crippen molar-refractivity contribution in [2.75, 3.05) is 27.3 Å². The Morgan fingerprint density at radius 1 is 0.981 bits per heavy atom. The summed E-state index contributed by atoms with van der Waals surface area (Å²) in [5.74, 6) is -0.0810. The molecule has 0 radical (unpaired) electrons. The lowest BCUT2D eigenvalue weighted by molar-refractivity contribution is -0.139. The summed E-state index contributed by atoms with van der Waals surface area (Å²) in [6.45, 7) is 2.90. The summed E-state index contributed by atoms with van der Waals surface area (Å²) in [5.41, 5.74) is 4.05. The largest absolute Gasteiger partial charge is 0.481 e. The summed E-state index contributed by atoms with van der Waals surface area (Å²) >= 11 is 7.03. The van der Waals surface area contributed by atoms with Crippen molar-refractivity contribution in [1.29, 1.82) is 0 Å².